The Labute approximate surface area is 209 Å². The van der Waals surface area contributed by atoms with Gasteiger partial charge < -0.3 is 30.6 Å². The van der Waals surface area contributed by atoms with Crippen molar-refractivity contribution in [1.82, 2.24) is 24.5 Å². The van der Waals surface area contributed by atoms with Crippen molar-refractivity contribution in [3.63, 3.8) is 0 Å². The SMILES string of the molecule is CNc1nc(Nc2ccc(N3CC4CC3CO4)c(F)c2F)c(C(N)=O)nc1-c1cncc2c1ncn2C. The topological polar surface area (TPSA) is 136 Å². The second-order valence-electron chi connectivity index (χ2n) is 9.02. The zero-order valence-electron chi connectivity index (χ0n) is 20.0. The first-order chi connectivity index (χ1) is 17.9. The van der Waals surface area contributed by atoms with Crippen molar-refractivity contribution in [3.05, 3.63) is 48.2 Å². The molecule has 11 nitrogen and oxygen atoms in total. The molecule has 2 atom stereocenters. The van der Waals surface area contributed by atoms with Gasteiger partial charge in [0.25, 0.3) is 5.91 Å². The molecule has 4 aromatic rings. The number of benzene rings is 1. The number of nitrogens with one attached hydrogen (secondary N) is 2. The molecule has 190 valence electrons. The molecule has 6 rings (SSSR count). The van der Waals surface area contributed by atoms with Gasteiger partial charge in [0.2, 0.25) is 0 Å². The minimum Gasteiger partial charge on any atom is -0.374 e. The number of morpholine rings is 1. The monoisotopic (exact) mass is 507 g/mol. The van der Waals surface area contributed by atoms with E-state index >= 15 is 8.78 Å². The Bertz CT molecular complexity index is 1560. The molecule has 13 heteroatoms. The molecular weight excluding hydrogens is 484 g/mol. The van der Waals surface area contributed by atoms with E-state index in [1.54, 1.807) is 30.3 Å². The fourth-order valence-corrected chi connectivity index (χ4v) is 4.95. The fraction of sp³-hybridized carbons (Fsp3) is 0.292. The number of amides is 1. The van der Waals surface area contributed by atoms with Gasteiger partial charge in [-0.05, 0) is 18.6 Å². The van der Waals surface area contributed by atoms with E-state index < -0.39 is 17.5 Å². The average molecular weight is 508 g/mol. The van der Waals surface area contributed by atoms with Crippen molar-refractivity contribution < 1.29 is 18.3 Å². The van der Waals surface area contributed by atoms with Crippen LogP contribution in [0.4, 0.5) is 31.8 Å². The molecule has 4 N–H and O–H groups in total. The number of hydrogen-bond acceptors (Lipinski definition) is 9. The highest BCUT2D eigenvalue weighted by atomic mass is 19.2. The predicted octanol–water partition coefficient (Wildman–Crippen LogP) is 2.57. The maximum Gasteiger partial charge on any atom is 0.271 e. The van der Waals surface area contributed by atoms with Crippen LogP contribution in [0.5, 0.6) is 0 Å². The number of carbonyl (C=O) groups excluding carboxylic acids is 1. The molecule has 3 aromatic heterocycles. The van der Waals surface area contributed by atoms with Crippen LogP contribution in [0.1, 0.15) is 16.9 Å². The van der Waals surface area contributed by atoms with Gasteiger partial charge in [0.15, 0.2) is 29.0 Å². The summed E-state index contributed by atoms with van der Waals surface area (Å²) < 4.78 is 37.7. The van der Waals surface area contributed by atoms with E-state index in [1.807, 2.05) is 11.9 Å². The van der Waals surface area contributed by atoms with Gasteiger partial charge in [-0.3, -0.25) is 9.78 Å². The summed E-state index contributed by atoms with van der Waals surface area (Å²) in [7, 11) is 3.45. The fourth-order valence-electron chi connectivity index (χ4n) is 4.95. The van der Waals surface area contributed by atoms with E-state index in [0.29, 0.717) is 24.2 Å². The second kappa shape index (κ2) is 8.62. The normalized spacial score (nSPS) is 18.5. The summed E-state index contributed by atoms with van der Waals surface area (Å²) in [6, 6.07) is 2.92. The van der Waals surface area contributed by atoms with Gasteiger partial charge in [-0.15, -0.1) is 0 Å². The first-order valence-electron chi connectivity index (χ1n) is 11.6. The van der Waals surface area contributed by atoms with Crippen LogP contribution in [-0.4, -0.2) is 62.8 Å². The van der Waals surface area contributed by atoms with Crippen LogP contribution in [0.25, 0.3) is 22.3 Å². The highest BCUT2D eigenvalue weighted by Gasteiger charge is 2.40. The molecule has 37 heavy (non-hydrogen) atoms. The van der Waals surface area contributed by atoms with E-state index in [9.17, 15) is 4.79 Å². The van der Waals surface area contributed by atoms with Crippen molar-refractivity contribution in [2.75, 3.05) is 35.7 Å². The maximum absolute atomic E-state index is 15.2. The van der Waals surface area contributed by atoms with Crippen LogP contribution in [0, 0.1) is 11.6 Å². The zero-order chi connectivity index (χ0) is 25.8. The average Bonchev–Trinajstić information content (AvgIpc) is 3.63. The van der Waals surface area contributed by atoms with Gasteiger partial charge in [-0.1, -0.05) is 0 Å². The summed E-state index contributed by atoms with van der Waals surface area (Å²) in [6.45, 7) is 1.00. The molecule has 2 unspecified atom stereocenters. The number of nitrogens with zero attached hydrogens (tertiary/aromatic N) is 6. The summed E-state index contributed by atoms with van der Waals surface area (Å²) >= 11 is 0. The van der Waals surface area contributed by atoms with E-state index in [-0.39, 0.29) is 46.5 Å². The number of carbonyl (C=O) groups is 1. The molecule has 0 spiro atoms. The molecule has 2 aliphatic rings. The van der Waals surface area contributed by atoms with Gasteiger partial charge in [0.1, 0.15) is 11.2 Å². The molecule has 2 bridgehead atoms. The summed E-state index contributed by atoms with van der Waals surface area (Å²) in [4.78, 5) is 31.7. The highest BCUT2D eigenvalue weighted by molar-refractivity contribution is 5.99. The number of hydrogen-bond donors (Lipinski definition) is 3. The Balaban J connectivity index is 1.40. The van der Waals surface area contributed by atoms with E-state index in [0.717, 1.165) is 11.9 Å². The van der Waals surface area contributed by atoms with Crippen LogP contribution >= 0.6 is 0 Å². The Morgan fingerprint density at radius 1 is 1.19 bits per heavy atom. The molecule has 2 aliphatic heterocycles. The van der Waals surface area contributed by atoms with Crippen molar-refractivity contribution in [3.8, 4) is 11.3 Å². The zero-order valence-corrected chi connectivity index (χ0v) is 20.0. The van der Waals surface area contributed by atoms with Crippen LogP contribution in [-0.2, 0) is 11.8 Å². The quantitative estimate of drug-likeness (QED) is 0.360. The van der Waals surface area contributed by atoms with Gasteiger partial charge in [-0.25, -0.2) is 23.7 Å². The Morgan fingerprint density at radius 3 is 2.73 bits per heavy atom. The molecule has 2 fully saturated rings. The molecule has 0 aliphatic carbocycles. The number of ether oxygens (including phenoxy) is 1. The smallest absolute Gasteiger partial charge is 0.271 e. The Morgan fingerprint density at radius 2 is 2.03 bits per heavy atom. The Kier molecular flexibility index (Phi) is 5.37. The van der Waals surface area contributed by atoms with Gasteiger partial charge >= 0.3 is 0 Å². The number of fused-ring (bicyclic) bond motifs is 3. The first kappa shape index (κ1) is 23.0. The number of aromatic nitrogens is 5. The highest BCUT2D eigenvalue weighted by Crippen LogP contribution is 2.37. The molecular formula is C24H23F2N9O2. The minimum atomic E-state index is -1.10. The molecule has 1 aromatic carbocycles. The number of pyridine rings is 1. The summed E-state index contributed by atoms with van der Waals surface area (Å²) in [5.41, 5.74) is 7.48. The predicted molar refractivity (Wildman–Crippen MR) is 133 cm³/mol. The number of anilines is 4. The third kappa shape index (κ3) is 3.69. The lowest BCUT2D eigenvalue weighted by atomic mass is 10.1. The number of aryl methyl sites for hydroxylation is 1. The van der Waals surface area contributed by atoms with Crippen LogP contribution in [0.2, 0.25) is 0 Å². The molecule has 1 amide bonds. The summed E-state index contributed by atoms with van der Waals surface area (Å²) in [5.74, 6) is -2.86. The Hall–Kier alpha value is -4.39. The van der Waals surface area contributed by atoms with Crippen molar-refractivity contribution in [2.24, 2.45) is 12.8 Å². The lowest BCUT2D eigenvalue weighted by Crippen LogP contribution is -2.37. The van der Waals surface area contributed by atoms with Gasteiger partial charge in [0.05, 0.1) is 53.7 Å². The first-order valence-corrected chi connectivity index (χ1v) is 11.6. The third-order valence-electron chi connectivity index (χ3n) is 6.78. The number of imidazole rings is 1. The van der Waals surface area contributed by atoms with Crippen molar-refractivity contribution >= 4 is 40.0 Å². The third-order valence-corrected chi connectivity index (χ3v) is 6.78. The molecule has 0 saturated carbocycles. The molecule has 2 saturated heterocycles. The van der Waals surface area contributed by atoms with Crippen molar-refractivity contribution in [1.29, 1.82) is 0 Å². The second-order valence-corrected chi connectivity index (χ2v) is 9.02. The summed E-state index contributed by atoms with van der Waals surface area (Å²) in [6.07, 6.45) is 5.67. The van der Waals surface area contributed by atoms with Crippen LogP contribution in [0.3, 0.4) is 0 Å². The standard InChI is InChI=1S/C24H23F2N9O2/c1-28-23-20(13-6-29-7-16-19(13)30-10-34(16)2)32-21(22(27)36)24(33-23)31-14-3-4-15(18(26)17(14)25)35-8-12-5-11(35)9-37-12/h3-4,6-7,10-12H,5,8-9H2,1-2H3,(H2,27,36)(H2,28,31,33). The molecule has 5 heterocycles. The largest absolute Gasteiger partial charge is 0.374 e. The molecule has 0 radical (unpaired) electrons. The summed E-state index contributed by atoms with van der Waals surface area (Å²) in [5, 5.41) is 5.63. The van der Waals surface area contributed by atoms with Crippen molar-refractivity contribution in [2.45, 2.75) is 18.6 Å². The van der Waals surface area contributed by atoms with Crippen LogP contribution < -0.4 is 21.3 Å². The van der Waals surface area contributed by atoms with E-state index in [2.05, 4.69) is 30.6 Å². The number of primary amides is 1. The number of halogens is 2. The van der Waals surface area contributed by atoms with Gasteiger partial charge in [0, 0.05) is 26.8 Å². The number of nitrogens with two attached hydrogens (primary N) is 1. The minimum absolute atomic E-state index is 0.0221. The van der Waals surface area contributed by atoms with Gasteiger partial charge in [-0.2, -0.15) is 0 Å². The lowest BCUT2D eigenvalue weighted by Gasteiger charge is -2.29. The lowest BCUT2D eigenvalue weighted by molar-refractivity contribution is 0.0987. The maximum atomic E-state index is 15.2. The van der Waals surface area contributed by atoms with Crippen LogP contribution in [0.15, 0.2) is 30.9 Å². The van der Waals surface area contributed by atoms with E-state index in [1.165, 1.54) is 12.1 Å². The van der Waals surface area contributed by atoms with E-state index in [4.69, 9.17) is 10.5 Å². The number of rotatable bonds is 6.